The molecule has 0 atom stereocenters. The highest BCUT2D eigenvalue weighted by Gasteiger charge is 2.09. The van der Waals surface area contributed by atoms with E-state index < -0.39 is 0 Å². The van der Waals surface area contributed by atoms with Crippen molar-refractivity contribution in [3.05, 3.63) is 51.0 Å². The maximum absolute atomic E-state index is 13.5. The van der Waals surface area contributed by atoms with Gasteiger partial charge in [0.25, 0.3) is 0 Å². The summed E-state index contributed by atoms with van der Waals surface area (Å²) in [5.41, 5.74) is 3.34. The first kappa shape index (κ1) is 12.5. The topological polar surface area (TPSA) is 12.9 Å². The Morgan fingerprint density at radius 2 is 1.71 bits per heavy atom. The Morgan fingerprint density at radius 1 is 1.12 bits per heavy atom. The quantitative estimate of drug-likeness (QED) is 0.681. The highest BCUT2D eigenvalue weighted by atomic mass is 79.9. The van der Waals surface area contributed by atoms with Crippen molar-refractivity contribution in [3.63, 3.8) is 0 Å². The lowest BCUT2D eigenvalue weighted by Gasteiger charge is -2.08. The van der Waals surface area contributed by atoms with Gasteiger partial charge in [-0.1, -0.05) is 11.6 Å². The van der Waals surface area contributed by atoms with Gasteiger partial charge < -0.3 is 0 Å². The Kier molecular flexibility index (Phi) is 3.50. The number of pyridine rings is 1. The number of benzene rings is 1. The molecule has 1 aromatic heterocycles. The van der Waals surface area contributed by atoms with Gasteiger partial charge in [-0.2, -0.15) is 0 Å². The van der Waals surface area contributed by atoms with Crippen LogP contribution in [0.1, 0.15) is 11.4 Å². The van der Waals surface area contributed by atoms with E-state index in [4.69, 9.17) is 11.6 Å². The van der Waals surface area contributed by atoms with Crippen LogP contribution >= 0.6 is 27.5 Å². The Balaban J connectivity index is 2.64. The SMILES string of the molecule is Cc1cc(-c2cc(F)c(Br)cc2Cl)cc(C)n1. The zero-order valence-corrected chi connectivity index (χ0v) is 11.7. The zero-order valence-electron chi connectivity index (χ0n) is 9.39. The van der Waals surface area contributed by atoms with Crippen molar-refractivity contribution in [1.82, 2.24) is 4.98 Å². The Hall–Kier alpha value is -0.930. The van der Waals surface area contributed by atoms with Gasteiger partial charge >= 0.3 is 0 Å². The summed E-state index contributed by atoms with van der Waals surface area (Å²) in [7, 11) is 0. The fourth-order valence-corrected chi connectivity index (χ4v) is 2.48. The third kappa shape index (κ3) is 2.67. The van der Waals surface area contributed by atoms with Crippen LogP contribution in [0.5, 0.6) is 0 Å². The van der Waals surface area contributed by atoms with Crippen molar-refractivity contribution in [2.75, 3.05) is 0 Å². The van der Waals surface area contributed by atoms with Gasteiger partial charge in [-0.3, -0.25) is 4.98 Å². The molecule has 0 fully saturated rings. The van der Waals surface area contributed by atoms with Gasteiger partial charge in [0.15, 0.2) is 0 Å². The second kappa shape index (κ2) is 4.75. The normalized spacial score (nSPS) is 10.6. The summed E-state index contributed by atoms with van der Waals surface area (Å²) in [6.07, 6.45) is 0. The first-order valence-electron chi connectivity index (χ1n) is 5.07. The van der Waals surface area contributed by atoms with Gasteiger partial charge in [0.1, 0.15) is 5.82 Å². The highest BCUT2D eigenvalue weighted by Crippen LogP contribution is 2.32. The number of aryl methyl sites for hydroxylation is 2. The third-order valence-corrected chi connectivity index (χ3v) is 3.32. The van der Waals surface area contributed by atoms with Crippen molar-refractivity contribution in [2.24, 2.45) is 0 Å². The average molecular weight is 315 g/mol. The Labute approximate surface area is 113 Å². The molecule has 0 N–H and O–H groups in total. The molecule has 17 heavy (non-hydrogen) atoms. The second-order valence-corrected chi connectivity index (χ2v) is 5.15. The zero-order chi connectivity index (χ0) is 12.6. The van der Waals surface area contributed by atoms with E-state index in [0.717, 1.165) is 17.0 Å². The van der Waals surface area contributed by atoms with Crippen LogP contribution < -0.4 is 0 Å². The van der Waals surface area contributed by atoms with E-state index >= 15 is 0 Å². The molecule has 88 valence electrons. The van der Waals surface area contributed by atoms with Gasteiger partial charge in [-0.05, 0) is 59.6 Å². The number of aromatic nitrogens is 1. The van der Waals surface area contributed by atoms with E-state index in [-0.39, 0.29) is 5.82 Å². The van der Waals surface area contributed by atoms with Gasteiger partial charge in [-0.25, -0.2) is 4.39 Å². The molecular weight excluding hydrogens is 305 g/mol. The summed E-state index contributed by atoms with van der Waals surface area (Å²) < 4.78 is 13.9. The number of hydrogen-bond acceptors (Lipinski definition) is 1. The third-order valence-electron chi connectivity index (χ3n) is 2.40. The minimum absolute atomic E-state index is 0.323. The Bertz CT molecular complexity index is 564. The lowest BCUT2D eigenvalue weighted by molar-refractivity contribution is 0.621. The molecule has 0 aliphatic carbocycles. The predicted molar refractivity (Wildman–Crippen MR) is 71.8 cm³/mol. The van der Waals surface area contributed by atoms with Gasteiger partial charge in [0.2, 0.25) is 0 Å². The second-order valence-electron chi connectivity index (χ2n) is 3.88. The molecule has 0 unspecified atom stereocenters. The molecular formula is C13H10BrClFN. The molecule has 0 amide bonds. The van der Waals surface area contributed by atoms with E-state index in [1.165, 1.54) is 6.07 Å². The summed E-state index contributed by atoms with van der Waals surface area (Å²) in [4.78, 5) is 4.28. The maximum Gasteiger partial charge on any atom is 0.138 e. The van der Waals surface area contributed by atoms with Crippen LogP contribution in [0.25, 0.3) is 11.1 Å². The van der Waals surface area contributed by atoms with Crippen LogP contribution in [0.3, 0.4) is 0 Å². The summed E-state index contributed by atoms with van der Waals surface area (Å²) in [6, 6.07) is 6.78. The van der Waals surface area contributed by atoms with Gasteiger partial charge in [-0.15, -0.1) is 0 Å². The Morgan fingerprint density at radius 3 is 2.29 bits per heavy atom. The molecule has 0 radical (unpaired) electrons. The van der Waals surface area contributed by atoms with Gasteiger partial charge in [0.05, 0.1) is 4.47 Å². The molecule has 0 spiro atoms. The fraction of sp³-hybridized carbons (Fsp3) is 0.154. The lowest BCUT2D eigenvalue weighted by Crippen LogP contribution is -1.90. The number of halogens is 3. The molecule has 2 rings (SSSR count). The van der Waals surface area contributed by atoms with Crippen LogP contribution in [0.15, 0.2) is 28.7 Å². The summed E-state index contributed by atoms with van der Waals surface area (Å²) >= 11 is 9.23. The van der Waals surface area contributed by atoms with E-state index in [9.17, 15) is 4.39 Å². The summed E-state index contributed by atoms with van der Waals surface area (Å²) in [6.45, 7) is 3.80. The van der Waals surface area contributed by atoms with Gasteiger partial charge in [0, 0.05) is 22.0 Å². The average Bonchev–Trinajstić information content (AvgIpc) is 2.22. The molecule has 4 heteroatoms. The van der Waals surface area contributed by atoms with E-state index in [2.05, 4.69) is 20.9 Å². The van der Waals surface area contributed by atoms with E-state index in [1.807, 2.05) is 26.0 Å². The number of nitrogens with zero attached hydrogens (tertiary/aromatic N) is 1. The minimum atomic E-state index is -0.323. The first-order valence-corrected chi connectivity index (χ1v) is 6.24. The molecule has 1 heterocycles. The predicted octanol–water partition coefficient (Wildman–Crippen LogP) is 4.92. The lowest BCUT2D eigenvalue weighted by atomic mass is 10.0. The molecule has 0 bridgehead atoms. The van der Waals surface area contributed by atoms with Crippen molar-refractivity contribution >= 4 is 27.5 Å². The van der Waals surface area contributed by atoms with Crippen molar-refractivity contribution in [3.8, 4) is 11.1 Å². The van der Waals surface area contributed by atoms with Crippen molar-refractivity contribution in [1.29, 1.82) is 0 Å². The van der Waals surface area contributed by atoms with Crippen LogP contribution in [-0.4, -0.2) is 4.98 Å². The molecule has 2 aromatic rings. The maximum atomic E-state index is 13.5. The van der Waals surface area contributed by atoms with E-state index in [0.29, 0.717) is 15.1 Å². The molecule has 0 saturated carbocycles. The first-order chi connectivity index (χ1) is 7.97. The highest BCUT2D eigenvalue weighted by molar-refractivity contribution is 9.10. The standard InChI is InChI=1S/C13H10BrClFN/c1-7-3-9(4-8(2)17-7)10-5-13(16)11(14)6-12(10)15/h3-6H,1-2H3. The van der Waals surface area contributed by atoms with Crippen LogP contribution in [0.4, 0.5) is 4.39 Å². The summed E-state index contributed by atoms with van der Waals surface area (Å²) in [5, 5.41) is 0.517. The molecule has 0 aliphatic heterocycles. The minimum Gasteiger partial charge on any atom is -0.258 e. The fourth-order valence-electron chi connectivity index (χ4n) is 1.73. The molecule has 0 aliphatic rings. The van der Waals surface area contributed by atoms with Crippen molar-refractivity contribution < 1.29 is 4.39 Å². The number of rotatable bonds is 1. The van der Waals surface area contributed by atoms with E-state index in [1.54, 1.807) is 6.07 Å². The van der Waals surface area contributed by atoms with Crippen LogP contribution in [-0.2, 0) is 0 Å². The van der Waals surface area contributed by atoms with Crippen LogP contribution in [0.2, 0.25) is 5.02 Å². The summed E-state index contributed by atoms with van der Waals surface area (Å²) in [5.74, 6) is -0.323. The number of hydrogen-bond donors (Lipinski definition) is 0. The molecule has 1 nitrogen and oxygen atoms in total. The monoisotopic (exact) mass is 313 g/mol. The largest absolute Gasteiger partial charge is 0.258 e. The smallest absolute Gasteiger partial charge is 0.138 e. The van der Waals surface area contributed by atoms with Crippen LogP contribution in [0, 0.1) is 19.7 Å². The molecule has 1 aromatic carbocycles. The van der Waals surface area contributed by atoms with Crippen molar-refractivity contribution in [2.45, 2.75) is 13.8 Å². The molecule has 0 saturated heterocycles.